The number of carbonyl (C=O) groups excluding carboxylic acids is 1. The molecule has 100 valence electrons. The van der Waals surface area contributed by atoms with Crippen molar-refractivity contribution in [2.75, 3.05) is 6.54 Å². The molecule has 3 N–H and O–H groups in total. The highest BCUT2D eigenvalue weighted by atomic mass is 35.5. The molecule has 1 saturated carbocycles. The molecule has 1 fully saturated rings. The second-order valence-corrected chi connectivity index (χ2v) is 4.66. The molecule has 0 aromatic heterocycles. The predicted molar refractivity (Wildman–Crippen MR) is 71.7 cm³/mol. The van der Waals surface area contributed by atoms with Crippen LogP contribution in [0.5, 0.6) is 0 Å². The molecule has 1 aromatic carbocycles. The number of amides is 1. The molecule has 0 saturated heterocycles. The third-order valence-corrected chi connectivity index (χ3v) is 3.27. The number of halogens is 3. The number of hydrogen-bond acceptors (Lipinski definition) is 2. The molecular weight excluding hydrogens is 278 g/mol. The van der Waals surface area contributed by atoms with E-state index >= 15 is 0 Å². The molecule has 1 aliphatic rings. The molecular formula is C12H15Cl2FN2O. The molecule has 1 unspecified atom stereocenters. The van der Waals surface area contributed by atoms with E-state index in [1.807, 2.05) is 0 Å². The summed E-state index contributed by atoms with van der Waals surface area (Å²) in [4.78, 5) is 11.9. The fraction of sp³-hybridized carbons (Fsp3) is 0.417. The molecule has 0 aliphatic heterocycles. The van der Waals surface area contributed by atoms with Gasteiger partial charge in [0.1, 0.15) is 5.82 Å². The van der Waals surface area contributed by atoms with Gasteiger partial charge in [-0.1, -0.05) is 17.7 Å². The van der Waals surface area contributed by atoms with Gasteiger partial charge in [-0.25, -0.2) is 4.39 Å². The normalized spacial score (nSPS) is 15.7. The number of nitrogens with two attached hydrogens (primary N) is 1. The molecule has 1 amide bonds. The van der Waals surface area contributed by atoms with Crippen LogP contribution in [0.25, 0.3) is 0 Å². The Hall–Kier alpha value is -0.840. The van der Waals surface area contributed by atoms with Crippen molar-refractivity contribution in [3.63, 3.8) is 0 Å². The quantitative estimate of drug-likeness (QED) is 0.895. The summed E-state index contributed by atoms with van der Waals surface area (Å²) in [7, 11) is 0. The summed E-state index contributed by atoms with van der Waals surface area (Å²) < 4.78 is 13.5. The van der Waals surface area contributed by atoms with Crippen LogP contribution in [0.4, 0.5) is 4.39 Å². The first kappa shape index (κ1) is 15.2. The Morgan fingerprint density at radius 1 is 1.56 bits per heavy atom. The van der Waals surface area contributed by atoms with Gasteiger partial charge in [0.05, 0.1) is 10.6 Å². The molecule has 0 heterocycles. The zero-order valence-corrected chi connectivity index (χ0v) is 11.2. The van der Waals surface area contributed by atoms with Crippen LogP contribution < -0.4 is 11.1 Å². The Morgan fingerprint density at radius 2 is 2.22 bits per heavy atom. The van der Waals surface area contributed by atoms with Crippen molar-refractivity contribution in [3.05, 3.63) is 34.6 Å². The van der Waals surface area contributed by atoms with E-state index < -0.39 is 11.7 Å². The number of hydrogen-bond donors (Lipinski definition) is 2. The first-order valence-corrected chi connectivity index (χ1v) is 5.96. The lowest BCUT2D eigenvalue weighted by atomic mass is 10.1. The summed E-state index contributed by atoms with van der Waals surface area (Å²) in [6.07, 6.45) is 2.13. The largest absolute Gasteiger partial charge is 0.348 e. The van der Waals surface area contributed by atoms with E-state index in [9.17, 15) is 9.18 Å². The first-order chi connectivity index (χ1) is 8.13. The summed E-state index contributed by atoms with van der Waals surface area (Å²) in [6, 6.07) is 4.09. The maximum Gasteiger partial charge on any atom is 0.256 e. The minimum Gasteiger partial charge on any atom is -0.348 e. The van der Waals surface area contributed by atoms with Crippen molar-refractivity contribution in [2.24, 2.45) is 11.7 Å². The molecule has 6 heteroatoms. The molecule has 1 aromatic rings. The number of carbonyl (C=O) groups is 1. The van der Waals surface area contributed by atoms with E-state index in [1.165, 1.54) is 18.2 Å². The number of benzene rings is 1. The minimum absolute atomic E-state index is 0. The van der Waals surface area contributed by atoms with E-state index in [2.05, 4.69) is 5.32 Å². The van der Waals surface area contributed by atoms with Gasteiger partial charge >= 0.3 is 0 Å². The van der Waals surface area contributed by atoms with Crippen molar-refractivity contribution in [1.82, 2.24) is 5.32 Å². The van der Waals surface area contributed by atoms with Gasteiger partial charge in [-0.15, -0.1) is 12.4 Å². The van der Waals surface area contributed by atoms with Crippen molar-refractivity contribution >= 4 is 29.9 Å². The van der Waals surface area contributed by atoms with Crippen molar-refractivity contribution in [3.8, 4) is 0 Å². The molecule has 1 atom stereocenters. The standard InChI is InChI=1S/C12H14ClFN2O.ClH/c13-8-2-1-3-9(14)11(8)12(17)16-10(6-15)7-4-5-7;/h1-3,7,10H,4-6,15H2,(H,16,17);1H. The zero-order valence-electron chi connectivity index (χ0n) is 9.66. The summed E-state index contributed by atoms with van der Waals surface area (Å²) in [6.45, 7) is 0.364. The topological polar surface area (TPSA) is 55.1 Å². The monoisotopic (exact) mass is 292 g/mol. The summed E-state index contributed by atoms with van der Waals surface area (Å²) in [5.74, 6) is -0.675. The fourth-order valence-corrected chi connectivity index (χ4v) is 2.07. The van der Waals surface area contributed by atoms with Crippen LogP contribution in [0.2, 0.25) is 5.02 Å². The molecule has 18 heavy (non-hydrogen) atoms. The van der Waals surface area contributed by atoms with Gasteiger partial charge in [0.15, 0.2) is 0 Å². The highest BCUT2D eigenvalue weighted by Crippen LogP contribution is 2.32. The zero-order chi connectivity index (χ0) is 12.4. The van der Waals surface area contributed by atoms with Crippen LogP contribution in [0.1, 0.15) is 23.2 Å². The van der Waals surface area contributed by atoms with Crippen LogP contribution in [0.3, 0.4) is 0 Å². The average Bonchev–Trinajstić information content (AvgIpc) is 3.09. The maximum atomic E-state index is 13.5. The molecule has 3 nitrogen and oxygen atoms in total. The van der Waals surface area contributed by atoms with Crippen LogP contribution >= 0.6 is 24.0 Å². The van der Waals surface area contributed by atoms with Gasteiger partial charge in [0.25, 0.3) is 5.91 Å². The summed E-state index contributed by atoms with van der Waals surface area (Å²) >= 11 is 5.81. The SMILES string of the molecule is Cl.NCC(NC(=O)c1c(F)cccc1Cl)C1CC1. The molecule has 0 radical (unpaired) electrons. The van der Waals surface area contributed by atoms with Crippen LogP contribution in [-0.4, -0.2) is 18.5 Å². The van der Waals surface area contributed by atoms with Gasteiger partial charge in [0, 0.05) is 12.6 Å². The van der Waals surface area contributed by atoms with E-state index in [0.717, 1.165) is 12.8 Å². The lowest BCUT2D eigenvalue weighted by Crippen LogP contribution is -2.42. The van der Waals surface area contributed by atoms with E-state index in [4.69, 9.17) is 17.3 Å². The predicted octanol–water partition coefficient (Wildman–Crippen LogP) is 2.37. The van der Waals surface area contributed by atoms with Gasteiger partial charge in [-0.3, -0.25) is 4.79 Å². The highest BCUT2D eigenvalue weighted by molar-refractivity contribution is 6.33. The fourth-order valence-electron chi connectivity index (χ4n) is 1.82. The first-order valence-electron chi connectivity index (χ1n) is 5.58. The second kappa shape index (κ2) is 6.36. The Labute approximate surface area is 116 Å². The summed E-state index contributed by atoms with van der Waals surface area (Å²) in [5.41, 5.74) is 5.47. The molecule has 2 rings (SSSR count). The third kappa shape index (κ3) is 3.34. The van der Waals surface area contributed by atoms with Crippen molar-refractivity contribution in [1.29, 1.82) is 0 Å². The minimum atomic E-state index is -0.610. The van der Waals surface area contributed by atoms with E-state index in [1.54, 1.807) is 0 Å². The van der Waals surface area contributed by atoms with Gasteiger partial charge < -0.3 is 11.1 Å². The van der Waals surface area contributed by atoms with Gasteiger partial charge in [-0.2, -0.15) is 0 Å². The van der Waals surface area contributed by atoms with Crippen molar-refractivity contribution < 1.29 is 9.18 Å². The maximum absolute atomic E-state index is 13.5. The molecule has 1 aliphatic carbocycles. The number of rotatable bonds is 4. The lowest BCUT2D eigenvalue weighted by Gasteiger charge is -2.16. The molecule has 0 bridgehead atoms. The average molecular weight is 293 g/mol. The Kier molecular flexibility index (Phi) is 5.38. The van der Waals surface area contributed by atoms with E-state index in [0.29, 0.717) is 12.5 Å². The van der Waals surface area contributed by atoms with Gasteiger partial charge in [-0.05, 0) is 30.9 Å². The lowest BCUT2D eigenvalue weighted by molar-refractivity contribution is 0.0929. The summed E-state index contributed by atoms with van der Waals surface area (Å²) in [5, 5.41) is 2.86. The number of nitrogens with one attached hydrogen (secondary N) is 1. The van der Waals surface area contributed by atoms with E-state index in [-0.39, 0.29) is 29.0 Å². The van der Waals surface area contributed by atoms with Crippen molar-refractivity contribution in [2.45, 2.75) is 18.9 Å². The Morgan fingerprint density at radius 3 is 2.72 bits per heavy atom. The smallest absolute Gasteiger partial charge is 0.256 e. The van der Waals surface area contributed by atoms with Crippen LogP contribution in [0, 0.1) is 11.7 Å². The van der Waals surface area contributed by atoms with Crippen LogP contribution in [0.15, 0.2) is 18.2 Å². The van der Waals surface area contributed by atoms with Gasteiger partial charge in [0.2, 0.25) is 0 Å². The Bertz CT molecular complexity index is 418. The highest BCUT2D eigenvalue weighted by Gasteiger charge is 2.32. The third-order valence-electron chi connectivity index (χ3n) is 2.95. The van der Waals surface area contributed by atoms with Crippen LogP contribution in [-0.2, 0) is 0 Å². The second-order valence-electron chi connectivity index (χ2n) is 4.25. The Balaban J connectivity index is 0.00000162. The molecule has 0 spiro atoms.